The van der Waals surface area contributed by atoms with Gasteiger partial charge in [0, 0.05) is 18.0 Å². The second kappa shape index (κ2) is 7.41. The first-order valence-corrected chi connectivity index (χ1v) is 7.47. The Morgan fingerprint density at radius 1 is 1.21 bits per heavy atom. The summed E-state index contributed by atoms with van der Waals surface area (Å²) in [6, 6.07) is 14.2. The minimum atomic E-state index is -0.473. The Morgan fingerprint density at radius 2 is 2.04 bits per heavy atom. The molecule has 0 N–H and O–H groups in total. The van der Waals surface area contributed by atoms with Gasteiger partial charge in [-0.05, 0) is 16.8 Å². The topological polar surface area (TPSA) is 65.7 Å². The van der Waals surface area contributed by atoms with Crippen LogP contribution < -0.4 is 0 Å². The van der Waals surface area contributed by atoms with Crippen LogP contribution in [0.3, 0.4) is 0 Å². The lowest BCUT2D eigenvalue weighted by Crippen LogP contribution is -2.13. The van der Waals surface area contributed by atoms with Crippen molar-refractivity contribution >= 4 is 22.5 Å². The summed E-state index contributed by atoms with van der Waals surface area (Å²) in [6.07, 6.45) is 5.25. The van der Waals surface area contributed by atoms with Crippen molar-refractivity contribution in [3.63, 3.8) is 0 Å². The number of esters is 1. The first-order chi connectivity index (χ1) is 11.8. The average molecular weight is 323 g/mol. The summed E-state index contributed by atoms with van der Waals surface area (Å²) in [5, 5.41) is 6.39. The summed E-state index contributed by atoms with van der Waals surface area (Å²) in [5.41, 5.74) is 1.62. The number of carbonyl (C=O) groups excluding carboxylic acids is 1. The highest BCUT2D eigenvalue weighted by Gasteiger charge is 2.08. The smallest absolute Gasteiger partial charge is 0.346 e. The third kappa shape index (κ3) is 3.78. The lowest BCUT2D eigenvalue weighted by atomic mass is 10.0. The second-order valence-electron chi connectivity index (χ2n) is 5.18. The van der Waals surface area contributed by atoms with E-state index in [9.17, 15) is 4.79 Å². The molecule has 0 aliphatic carbocycles. The van der Waals surface area contributed by atoms with Crippen LogP contribution in [0.1, 0.15) is 5.56 Å². The molecule has 3 aromatic rings. The van der Waals surface area contributed by atoms with Gasteiger partial charge in [-0.3, -0.25) is 0 Å². The summed E-state index contributed by atoms with van der Waals surface area (Å²) in [7, 11) is 1.31. The van der Waals surface area contributed by atoms with E-state index in [1.165, 1.54) is 7.11 Å². The number of methoxy groups -OCH3 is 1. The van der Waals surface area contributed by atoms with E-state index in [0.29, 0.717) is 12.3 Å². The van der Waals surface area contributed by atoms with E-state index in [0.717, 1.165) is 16.3 Å². The van der Waals surface area contributed by atoms with Gasteiger partial charge >= 0.3 is 5.97 Å². The van der Waals surface area contributed by atoms with Gasteiger partial charge in [-0.1, -0.05) is 41.6 Å². The standard InChI is InChI=1S/C18H17N3O3/c1-23-18(22)12-24-20-17(11-21-9-8-19-13-21)16-7-6-14-4-2-3-5-15(14)10-16/h2-10,13H,11-12H2,1H3/b20-17-. The van der Waals surface area contributed by atoms with E-state index < -0.39 is 5.97 Å². The zero-order valence-electron chi connectivity index (χ0n) is 13.3. The van der Waals surface area contributed by atoms with Gasteiger partial charge in [0.05, 0.1) is 20.0 Å². The van der Waals surface area contributed by atoms with E-state index in [1.807, 2.05) is 47.2 Å². The monoisotopic (exact) mass is 323 g/mol. The quantitative estimate of drug-likeness (QED) is 0.397. The van der Waals surface area contributed by atoms with Crippen LogP contribution in [0.5, 0.6) is 0 Å². The molecule has 1 heterocycles. The van der Waals surface area contributed by atoms with Gasteiger partial charge in [-0.2, -0.15) is 0 Å². The van der Waals surface area contributed by atoms with Crippen molar-refractivity contribution in [3.05, 3.63) is 66.7 Å². The molecule has 0 fully saturated rings. The predicted octanol–water partition coefficient (Wildman–Crippen LogP) is 2.63. The Kier molecular flexibility index (Phi) is 4.86. The molecule has 0 saturated carbocycles. The zero-order chi connectivity index (χ0) is 16.8. The van der Waals surface area contributed by atoms with Crippen LogP contribution in [-0.2, 0) is 20.9 Å². The van der Waals surface area contributed by atoms with Crippen LogP contribution in [0.25, 0.3) is 10.8 Å². The lowest BCUT2D eigenvalue weighted by molar-refractivity contribution is -0.145. The number of rotatable bonds is 6. The van der Waals surface area contributed by atoms with E-state index in [4.69, 9.17) is 4.84 Å². The van der Waals surface area contributed by atoms with Gasteiger partial charge in [0.2, 0.25) is 6.61 Å². The second-order valence-corrected chi connectivity index (χ2v) is 5.18. The number of hydrogen-bond donors (Lipinski definition) is 0. The zero-order valence-corrected chi connectivity index (χ0v) is 13.3. The lowest BCUT2D eigenvalue weighted by Gasteiger charge is -2.09. The Hall–Kier alpha value is -3.15. The maximum Gasteiger partial charge on any atom is 0.346 e. The average Bonchev–Trinajstić information content (AvgIpc) is 3.13. The molecule has 0 amide bonds. The number of carbonyl (C=O) groups is 1. The molecule has 122 valence electrons. The molecule has 0 atom stereocenters. The maximum absolute atomic E-state index is 11.2. The Morgan fingerprint density at radius 3 is 2.79 bits per heavy atom. The molecule has 1 aromatic heterocycles. The maximum atomic E-state index is 11.2. The molecule has 2 aromatic carbocycles. The molecule has 0 radical (unpaired) electrons. The minimum absolute atomic E-state index is 0.225. The van der Waals surface area contributed by atoms with Gasteiger partial charge in [0.25, 0.3) is 0 Å². The predicted molar refractivity (Wildman–Crippen MR) is 90.7 cm³/mol. The normalized spacial score (nSPS) is 11.5. The Bertz CT molecular complexity index is 857. The van der Waals surface area contributed by atoms with Crippen molar-refractivity contribution in [3.8, 4) is 0 Å². The molecule has 3 rings (SSSR count). The Balaban J connectivity index is 1.89. The third-order valence-corrected chi connectivity index (χ3v) is 3.56. The number of ether oxygens (including phenoxy) is 1. The summed E-state index contributed by atoms with van der Waals surface area (Å²) in [5.74, 6) is -0.473. The van der Waals surface area contributed by atoms with Crippen molar-refractivity contribution in [1.29, 1.82) is 0 Å². The molecule has 0 aliphatic heterocycles. The van der Waals surface area contributed by atoms with Crippen molar-refractivity contribution < 1.29 is 14.4 Å². The van der Waals surface area contributed by atoms with Crippen molar-refractivity contribution in [2.75, 3.05) is 13.7 Å². The molecule has 0 saturated heterocycles. The highest BCUT2D eigenvalue weighted by atomic mass is 16.6. The van der Waals surface area contributed by atoms with Crippen LogP contribution >= 0.6 is 0 Å². The van der Waals surface area contributed by atoms with Crippen molar-refractivity contribution in [2.45, 2.75) is 6.54 Å². The first-order valence-electron chi connectivity index (χ1n) is 7.47. The molecule has 0 unspecified atom stereocenters. The van der Waals surface area contributed by atoms with Gasteiger partial charge in [-0.25, -0.2) is 9.78 Å². The molecular formula is C18H17N3O3. The number of imidazole rings is 1. The van der Waals surface area contributed by atoms with Gasteiger partial charge < -0.3 is 14.1 Å². The summed E-state index contributed by atoms with van der Waals surface area (Å²) >= 11 is 0. The fourth-order valence-corrected chi connectivity index (χ4v) is 2.32. The summed E-state index contributed by atoms with van der Waals surface area (Å²) < 4.78 is 6.44. The minimum Gasteiger partial charge on any atom is -0.466 e. The summed E-state index contributed by atoms with van der Waals surface area (Å²) in [4.78, 5) is 20.4. The number of oxime groups is 1. The fraction of sp³-hybridized carbons (Fsp3) is 0.167. The van der Waals surface area contributed by atoms with Gasteiger partial charge in [0.15, 0.2) is 0 Å². The number of benzene rings is 2. The van der Waals surface area contributed by atoms with E-state index in [-0.39, 0.29) is 6.61 Å². The van der Waals surface area contributed by atoms with E-state index in [2.05, 4.69) is 20.9 Å². The molecule has 0 bridgehead atoms. The van der Waals surface area contributed by atoms with Gasteiger partial charge in [-0.15, -0.1) is 0 Å². The van der Waals surface area contributed by atoms with Crippen LogP contribution in [0.15, 0.2) is 66.3 Å². The van der Waals surface area contributed by atoms with Crippen LogP contribution in [0.2, 0.25) is 0 Å². The fourth-order valence-electron chi connectivity index (χ4n) is 2.32. The van der Waals surface area contributed by atoms with Crippen molar-refractivity contribution in [2.24, 2.45) is 5.16 Å². The van der Waals surface area contributed by atoms with Crippen LogP contribution in [0.4, 0.5) is 0 Å². The first kappa shape index (κ1) is 15.7. The van der Waals surface area contributed by atoms with Gasteiger partial charge in [0.1, 0.15) is 5.71 Å². The Labute approximate surface area is 139 Å². The summed E-state index contributed by atoms with van der Waals surface area (Å²) in [6.45, 7) is 0.261. The third-order valence-electron chi connectivity index (χ3n) is 3.56. The van der Waals surface area contributed by atoms with E-state index >= 15 is 0 Å². The highest BCUT2D eigenvalue weighted by molar-refractivity contribution is 6.03. The number of nitrogens with zero attached hydrogens (tertiary/aromatic N) is 3. The number of fused-ring (bicyclic) bond motifs is 1. The molecule has 0 spiro atoms. The molecule has 24 heavy (non-hydrogen) atoms. The van der Waals surface area contributed by atoms with E-state index in [1.54, 1.807) is 12.5 Å². The van der Waals surface area contributed by atoms with Crippen LogP contribution in [-0.4, -0.2) is 34.9 Å². The highest BCUT2D eigenvalue weighted by Crippen LogP contribution is 2.17. The van der Waals surface area contributed by atoms with Crippen LogP contribution in [0, 0.1) is 0 Å². The molecule has 0 aliphatic rings. The van der Waals surface area contributed by atoms with Crippen molar-refractivity contribution in [1.82, 2.24) is 9.55 Å². The molecular weight excluding hydrogens is 306 g/mol. The largest absolute Gasteiger partial charge is 0.466 e. The molecule has 6 nitrogen and oxygen atoms in total. The molecule has 6 heteroatoms. The SMILES string of the molecule is COC(=O)CO/N=C(/Cn1ccnc1)c1ccc2ccccc2c1. The number of hydrogen-bond acceptors (Lipinski definition) is 5. The number of aromatic nitrogens is 2.